The number of carbonyl (C=O) groups is 1. The van der Waals surface area contributed by atoms with Crippen LogP contribution in [0.1, 0.15) is 28.1 Å². The van der Waals surface area contributed by atoms with Gasteiger partial charge in [0.25, 0.3) is 0 Å². The largest absolute Gasteiger partial charge is 0.465 e. The van der Waals surface area contributed by atoms with Gasteiger partial charge in [-0.25, -0.2) is 4.79 Å². The molecule has 1 unspecified atom stereocenters. The summed E-state index contributed by atoms with van der Waals surface area (Å²) < 4.78 is 4.55. The number of hydrogen-bond acceptors (Lipinski definition) is 4. The van der Waals surface area contributed by atoms with Crippen molar-refractivity contribution in [2.75, 3.05) is 7.11 Å². The Bertz CT molecular complexity index is 351. The molecule has 0 aliphatic rings. The van der Waals surface area contributed by atoms with Gasteiger partial charge in [0.1, 0.15) is 0 Å². The van der Waals surface area contributed by atoms with Crippen LogP contribution in [-0.4, -0.2) is 13.1 Å². The lowest BCUT2D eigenvalue weighted by Crippen LogP contribution is -1.98. The van der Waals surface area contributed by atoms with Crippen LogP contribution in [0, 0.1) is 11.3 Å². The second kappa shape index (κ2) is 4.06. The normalized spacial score (nSPS) is 11.8. The van der Waals surface area contributed by atoms with Crippen LogP contribution in [-0.2, 0) is 4.74 Å². The number of ether oxygens (including phenoxy) is 1. The molecule has 1 aromatic heterocycles. The van der Waals surface area contributed by atoms with E-state index in [0.29, 0.717) is 5.56 Å². The Morgan fingerprint density at radius 2 is 2.46 bits per heavy atom. The van der Waals surface area contributed by atoms with E-state index in [2.05, 4.69) is 10.8 Å². The molecule has 0 spiro atoms. The average Bonchev–Trinajstić information content (AvgIpc) is 2.64. The summed E-state index contributed by atoms with van der Waals surface area (Å²) in [5.74, 6) is -0.518. The van der Waals surface area contributed by atoms with Crippen LogP contribution in [0.25, 0.3) is 0 Å². The van der Waals surface area contributed by atoms with Crippen LogP contribution in [0.3, 0.4) is 0 Å². The van der Waals surface area contributed by atoms with Crippen molar-refractivity contribution in [1.82, 2.24) is 0 Å². The Balaban J connectivity index is 2.88. The van der Waals surface area contributed by atoms with Gasteiger partial charge in [0.2, 0.25) is 0 Å². The number of methoxy groups -OCH3 is 1. The number of rotatable bonds is 2. The molecule has 0 fully saturated rings. The summed E-state index contributed by atoms with van der Waals surface area (Å²) in [6.45, 7) is 1.80. The van der Waals surface area contributed by atoms with E-state index in [4.69, 9.17) is 5.26 Å². The zero-order chi connectivity index (χ0) is 9.84. The maximum Gasteiger partial charge on any atom is 0.338 e. The first-order valence-electron chi connectivity index (χ1n) is 3.75. The summed E-state index contributed by atoms with van der Waals surface area (Å²) in [5, 5.41) is 10.3. The van der Waals surface area contributed by atoms with Crippen LogP contribution in [0.2, 0.25) is 0 Å². The topological polar surface area (TPSA) is 50.1 Å². The molecule has 4 heteroatoms. The zero-order valence-corrected chi connectivity index (χ0v) is 8.22. The van der Waals surface area contributed by atoms with Crippen LogP contribution in [0.4, 0.5) is 0 Å². The first-order valence-corrected chi connectivity index (χ1v) is 4.63. The standard InChI is InChI=1S/C9H9NO2S/c1-6(4-10)8-3-7(5-13-8)9(11)12-2/h3,5-6H,1-2H3. The summed E-state index contributed by atoms with van der Waals surface area (Å²) in [6, 6.07) is 3.81. The second-order valence-electron chi connectivity index (χ2n) is 2.58. The van der Waals surface area contributed by atoms with Gasteiger partial charge >= 0.3 is 5.97 Å². The van der Waals surface area contributed by atoms with Gasteiger partial charge in [-0.2, -0.15) is 5.26 Å². The second-order valence-corrected chi connectivity index (χ2v) is 3.52. The molecule has 68 valence electrons. The Kier molecular flexibility index (Phi) is 3.04. The minimum absolute atomic E-state index is 0.164. The lowest BCUT2D eigenvalue weighted by atomic mass is 10.1. The molecule has 0 aliphatic carbocycles. The van der Waals surface area contributed by atoms with Crippen LogP contribution in [0.5, 0.6) is 0 Å². The molecule has 3 nitrogen and oxygen atoms in total. The highest BCUT2D eigenvalue weighted by molar-refractivity contribution is 7.10. The first kappa shape index (κ1) is 9.75. The molecule has 1 atom stereocenters. The maximum absolute atomic E-state index is 11.0. The van der Waals surface area contributed by atoms with Gasteiger partial charge in [-0.3, -0.25) is 0 Å². The number of nitriles is 1. The van der Waals surface area contributed by atoms with E-state index in [0.717, 1.165) is 4.88 Å². The van der Waals surface area contributed by atoms with E-state index in [9.17, 15) is 4.79 Å². The van der Waals surface area contributed by atoms with E-state index in [1.807, 2.05) is 0 Å². The Morgan fingerprint density at radius 3 is 3.00 bits per heavy atom. The van der Waals surface area contributed by atoms with Crippen LogP contribution < -0.4 is 0 Å². The molecule has 1 aromatic rings. The summed E-state index contributed by atoms with van der Waals surface area (Å²) >= 11 is 1.40. The summed E-state index contributed by atoms with van der Waals surface area (Å²) in [4.78, 5) is 11.9. The third-order valence-corrected chi connectivity index (χ3v) is 2.78. The number of esters is 1. The van der Waals surface area contributed by atoms with Crippen molar-refractivity contribution in [2.45, 2.75) is 12.8 Å². The fourth-order valence-corrected chi connectivity index (χ4v) is 1.75. The third kappa shape index (κ3) is 2.07. The fraction of sp³-hybridized carbons (Fsp3) is 0.333. The molecule has 0 aliphatic heterocycles. The summed E-state index contributed by atoms with van der Waals surface area (Å²) in [6.07, 6.45) is 0. The van der Waals surface area contributed by atoms with Crippen molar-refractivity contribution in [3.63, 3.8) is 0 Å². The summed E-state index contributed by atoms with van der Waals surface area (Å²) in [7, 11) is 1.34. The number of thiophene rings is 1. The highest BCUT2D eigenvalue weighted by Crippen LogP contribution is 2.23. The van der Waals surface area contributed by atoms with Gasteiger partial charge in [-0.05, 0) is 13.0 Å². The molecule has 0 radical (unpaired) electrons. The highest BCUT2D eigenvalue weighted by atomic mass is 32.1. The maximum atomic E-state index is 11.0. The van der Waals surface area contributed by atoms with Crippen molar-refractivity contribution in [1.29, 1.82) is 5.26 Å². The monoisotopic (exact) mass is 195 g/mol. The van der Waals surface area contributed by atoms with E-state index in [1.54, 1.807) is 18.4 Å². The molecule has 0 saturated heterocycles. The predicted molar refractivity (Wildman–Crippen MR) is 49.7 cm³/mol. The molecule has 13 heavy (non-hydrogen) atoms. The minimum Gasteiger partial charge on any atom is -0.465 e. The van der Waals surface area contributed by atoms with Gasteiger partial charge in [-0.1, -0.05) is 0 Å². The number of nitrogens with zero attached hydrogens (tertiary/aromatic N) is 1. The van der Waals surface area contributed by atoms with Gasteiger partial charge in [-0.15, -0.1) is 11.3 Å². The molecular formula is C9H9NO2S. The third-order valence-electron chi connectivity index (χ3n) is 1.66. The molecule has 0 aromatic carbocycles. The minimum atomic E-state index is -0.354. The molecule has 0 amide bonds. The lowest BCUT2D eigenvalue weighted by molar-refractivity contribution is 0.0601. The van der Waals surface area contributed by atoms with E-state index >= 15 is 0 Å². The van der Waals surface area contributed by atoms with Crippen LogP contribution in [0.15, 0.2) is 11.4 Å². The first-order chi connectivity index (χ1) is 6.19. The van der Waals surface area contributed by atoms with Crippen LogP contribution >= 0.6 is 11.3 Å². The Morgan fingerprint density at radius 1 is 1.77 bits per heavy atom. The van der Waals surface area contributed by atoms with Crippen molar-refractivity contribution in [3.05, 3.63) is 21.9 Å². The number of hydrogen-bond donors (Lipinski definition) is 0. The van der Waals surface area contributed by atoms with Gasteiger partial charge < -0.3 is 4.74 Å². The molecular weight excluding hydrogens is 186 g/mol. The van der Waals surface area contributed by atoms with E-state index in [-0.39, 0.29) is 11.9 Å². The van der Waals surface area contributed by atoms with Gasteiger partial charge in [0.15, 0.2) is 0 Å². The van der Waals surface area contributed by atoms with Gasteiger partial charge in [0.05, 0.1) is 24.7 Å². The van der Waals surface area contributed by atoms with Crippen molar-refractivity contribution in [3.8, 4) is 6.07 Å². The van der Waals surface area contributed by atoms with E-state index < -0.39 is 0 Å². The fourth-order valence-electron chi connectivity index (χ4n) is 0.868. The summed E-state index contributed by atoms with van der Waals surface area (Å²) in [5.41, 5.74) is 0.518. The molecule has 0 saturated carbocycles. The molecule has 1 heterocycles. The lowest BCUT2D eigenvalue weighted by Gasteiger charge is -1.94. The predicted octanol–water partition coefficient (Wildman–Crippen LogP) is 2.16. The van der Waals surface area contributed by atoms with E-state index in [1.165, 1.54) is 18.4 Å². The Hall–Kier alpha value is -1.34. The zero-order valence-electron chi connectivity index (χ0n) is 7.40. The van der Waals surface area contributed by atoms with Crippen molar-refractivity contribution in [2.24, 2.45) is 0 Å². The molecule has 0 bridgehead atoms. The number of carbonyl (C=O) groups excluding carboxylic acids is 1. The van der Waals surface area contributed by atoms with Crippen molar-refractivity contribution >= 4 is 17.3 Å². The SMILES string of the molecule is COC(=O)c1csc(C(C)C#N)c1. The smallest absolute Gasteiger partial charge is 0.338 e. The average molecular weight is 195 g/mol. The van der Waals surface area contributed by atoms with Crippen molar-refractivity contribution < 1.29 is 9.53 Å². The highest BCUT2D eigenvalue weighted by Gasteiger charge is 2.11. The molecule has 0 N–H and O–H groups in total. The van der Waals surface area contributed by atoms with Gasteiger partial charge in [0, 0.05) is 10.3 Å². The quantitative estimate of drug-likeness (QED) is 0.679. The molecule has 1 rings (SSSR count). The Labute approximate surface area is 80.6 Å².